The maximum absolute atomic E-state index is 15.5. The number of hydrogen-bond donors (Lipinski definition) is 1. The number of nitrogens with one attached hydrogen (secondary N) is 1. The van der Waals surface area contributed by atoms with Gasteiger partial charge in [-0.2, -0.15) is 0 Å². The van der Waals surface area contributed by atoms with Gasteiger partial charge in [0, 0.05) is 6.20 Å². The van der Waals surface area contributed by atoms with Crippen LogP contribution in [0.15, 0.2) is 76.4 Å². The van der Waals surface area contributed by atoms with E-state index in [2.05, 4.69) is 4.98 Å². The number of aromatic nitrogens is 2. The van der Waals surface area contributed by atoms with E-state index in [0.717, 1.165) is 10.8 Å². The minimum absolute atomic E-state index is 0.129. The Balaban J connectivity index is 1.59. The van der Waals surface area contributed by atoms with E-state index in [1.165, 1.54) is 12.1 Å². The summed E-state index contributed by atoms with van der Waals surface area (Å²) in [4.78, 5) is 51.0. The molecule has 1 aliphatic heterocycles. The number of aromatic amines is 1. The second-order valence-corrected chi connectivity index (χ2v) is 8.52. The molecule has 2 aromatic carbocycles. The average molecular weight is 580 g/mol. The lowest BCUT2D eigenvalue weighted by Crippen LogP contribution is -2.39. The highest BCUT2D eigenvalue weighted by molar-refractivity contribution is 14.1. The fraction of sp³-hybridized carbons (Fsp3) is 0.217. The second kappa shape index (κ2) is 10.3. The van der Waals surface area contributed by atoms with Crippen LogP contribution in [0.5, 0.6) is 0 Å². The molecule has 0 amide bonds. The fourth-order valence-corrected chi connectivity index (χ4v) is 3.86. The Morgan fingerprint density at radius 2 is 1.59 bits per heavy atom. The quantitative estimate of drug-likeness (QED) is 0.352. The molecule has 11 heteroatoms. The van der Waals surface area contributed by atoms with E-state index in [-0.39, 0.29) is 14.7 Å². The molecule has 1 N–H and O–H groups in total. The molecular formula is C23H18FIN2O7. The molecule has 9 nitrogen and oxygen atoms in total. The standard InChI is InChI=1S/C23H18FIN2O7/c24-17-18(34-22(30)14-9-5-2-6-10-14)16(12-32-21(29)13-7-3-1-4-8-13)33-20(17)27-11-15(25)19(28)26-23(27)31/h1-11,16-18,20H,12H2,(H,26,28,31). The van der Waals surface area contributed by atoms with Gasteiger partial charge in [0.2, 0.25) is 0 Å². The Morgan fingerprint density at radius 1 is 1.00 bits per heavy atom. The SMILES string of the molecule is O=C(OCC1OC(n2cc(I)c(=O)[nH]c2=O)C(F)C1OC(=O)c1ccccc1)c1ccccc1. The highest BCUT2D eigenvalue weighted by Crippen LogP contribution is 2.34. The van der Waals surface area contributed by atoms with E-state index in [0.29, 0.717) is 0 Å². The van der Waals surface area contributed by atoms with Crippen molar-refractivity contribution in [2.75, 3.05) is 6.61 Å². The molecule has 2 heterocycles. The van der Waals surface area contributed by atoms with Crippen molar-refractivity contribution in [3.63, 3.8) is 0 Å². The van der Waals surface area contributed by atoms with Crippen LogP contribution in [0.25, 0.3) is 0 Å². The predicted octanol–water partition coefficient (Wildman–Crippen LogP) is 2.46. The van der Waals surface area contributed by atoms with Gasteiger partial charge >= 0.3 is 17.6 Å². The number of halogens is 2. The molecule has 0 aliphatic carbocycles. The van der Waals surface area contributed by atoms with Crippen LogP contribution >= 0.6 is 22.6 Å². The van der Waals surface area contributed by atoms with E-state index in [4.69, 9.17) is 14.2 Å². The van der Waals surface area contributed by atoms with Gasteiger partial charge in [-0.05, 0) is 46.9 Å². The van der Waals surface area contributed by atoms with Crippen molar-refractivity contribution in [1.29, 1.82) is 0 Å². The largest absolute Gasteiger partial charge is 0.459 e. The Kier molecular flexibility index (Phi) is 7.22. The first kappa shape index (κ1) is 23.8. The van der Waals surface area contributed by atoms with Gasteiger partial charge in [-0.1, -0.05) is 36.4 Å². The van der Waals surface area contributed by atoms with Gasteiger partial charge in [-0.25, -0.2) is 18.8 Å². The van der Waals surface area contributed by atoms with Gasteiger partial charge in [0.25, 0.3) is 5.56 Å². The van der Waals surface area contributed by atoms with Crippen LogP contribution in [0.1, 0.15) is 26.9 Å². The normalized spacial score (nSPS) is 21.7. The topological polar surface area (TPSA) is 117 Å². The van der Waals surface area contributed by atoms with Crippen LogP contribution in [0, 0.1) is 3.57 Å². The molecule has 0 bridgehead atoms. The first-order valence-corrected chi connectivity index (χ1v) is 11.2. The maximum atomic E-state index is 15.5. The van der Waals surface area contributed by atoms with Crippen LogP contribution in [-0.2, 0) is 14.2 Å². The third kappa shape index (κ3) is 5.09. The summed E-state index contributed by atoms with van der Waals surface area (Å²) < 4.78 is 32.9. The molecule has 0 radical (unpaired) electrons. The summed E-state index contributed by atoms with van der Waals surface area (Å²) in [7, 11) is 0. The summed E-state index contributed by atoms with van der Waals surface area (Å²) in [6, 6.07) is 16.1. The molecule has 0 spiro atoms. The summed E-state index contributed by atoms with van der Waals surface area (Å²) in [6.07, 6.45) is -5.07. The van der Waals surface area contributed by atoms with Crippen molar-refractivity contribution in [1.82, 2.24) is 9.55 Å². The van der Waals surface area contributed by atoms with Crippen molar-refractivity contribution in [2.24, 2.45) is 0 Å². The maximum Gasteiger partial charge on any atom is 0.338 e. The first-order valence-electron chi connectivity index (χ1n) is 10.1. The molecule has 1 aliphatic rings. The van der Waals surface area contributed by atoms with Gasteiger partial charge in [0.1, 0.15) is 12.7 Å². The van der Waals surface area contributed by atoms with Crippen LogP contribution < -0.4 is 11.2 Å². The molecule has 1 aromatic heterocycles. The zero-order valence-electron chi connectivity index (χ0n) is 17.4. The number of alkyl halides is 1. The number of hydrogen-bond acceptors (Lipinski definition) is 7. The van der Waals surface area contributed by atoms with Crippen LogP contribution in [0.4, 0.5) is 4.39 Å². The number of ether oxygens (including phenoxy) is 3. The first-order chi connectivity index (χ1) is 16.3. The monoisotopic (exact) mass is 580 g/mol. The third-order valence-corrected chi connectivity index (χ3v) is 5.87. The fourth-order valence-electron chi connectivity index (χ4n) is 3.42. The molecule has 4 atom stereocenters. The van der Waals surface area contributed by atoms with Crippen molar-refractivity contribution in [3.8, 4) is 0 Å². The Labute approximate surface area is 205 Å². The summed E-state index contributed by atoms with van der Waals surface area (Å²) in [5.41, 5.74) is -1.06. The number of carbonyl (C=O) groups excluding carboxylic acids is 2. The van der Waals surface area contributed by atoms with Crippen molar-refractivity contribution in [2.45, 2.75) is 24.6 Å². The van der Waals surface area contributed by atoms with Crippen LogP contribution in [-0.4, -0.2) is 46.5 Å². The van der Waals surface area contributed by atoms with Crippen molar-refractivity contribution >= 4 is 34.5 Å². The number of benzene rings is 2. The smallest absolute Gasteiger partial charge is 0.338 e. The van der Waals surface area contributed by atoms with E-state index >= 15 is 4.39 Å². The highest BCUT2D eigenvalue weighted by Gasteiger charge is 2.49. The lowest BCUT2D eigenvalue weighted by Gasteiger charge is -2.19. The molecule has 3 aromatic rings. The van der Waals surface area contributed by atoms with Crippen molar-refractivity contribution < 1.29 is 28.2 Å². The molecular weight excluding hydrogens is 562 g/mol. The van der Waals surface area contributed by atoms with Gasteiger partial charge in [-0.15, -0.1) is 0 Å². The second-order valence-electron chi connectivity index (χ2n) is 7.35. The van der Waals surface area contributed by atoms with E-state index in [9.17, 15) is 19.2 Å². The van der Waals surface area contributed by atoms with Gasteiger partial charge < -0.3 is 14.2 Å². The minimum Gasteiger partial charge on any atom is -0.459 e. The number of esters is 2. The Bertz CT molecular complexity index is 1300. The molecule has 1 fully saturated rings. The zero-order valence-corrected chi connectivity index (χ0v) is 19.6. The van der Waals surface area contributed by atoms with E-state index in [1.54, 1.807) is 71.1 Å². The Hall–Kier alpha value is -3.32. The van der Waals surface area contributed by atoms with Crippen LogP contribution in [0.3, 0.4) is 0 Å². The predicted molar refractivity (Wildman–Crippen MR) is 125 cm³/mol. The van der Waals surface area contributed by atoms with E-state index < -0.39 is 54.4 Å². The van der Waals surface area contributed by atoms with Crippen molar-refractivity contribution in [3.05, 3.63) is 102 Å². The summed E-state index contributed by atoms with van der Waals surface area (Å²) in [6.45, 7) is -0.438. The van der Waals surface area contributed by atoms with Gasteiger partial charge in [-0.3, -0.25) is 14.3 Å². The number of carbonyl (C=O) groups is 2. The average Bonchev–Trinajstić information content (AvgIpc) is 3.15. The lowest BCUT2D eigenvalue weighted by atomic mass is 10.1. The molecule has 4 rings (SSSR count). The number of rotatable bonds is 6. The lowest BCUT2D eigenvalue weighted by molar-refractivity contribution is -0.0592. The van der Waals surface area contributed by atoms with Gasteiger partial charge in [0.15, 0.2) is 18.5 Å². The highest BCUT2D eigenvalue weighted by atomic mass is 127. The molecule has 176 valence electrons. The summed E-state index contributed by atoms with van der Waals surface area (Å²) in [5, 5.41) is 0. The molecule has 4 unspecified atom stereocenters. The zero-order chi connectivity index (χ0) is 24.2. The number of H-pyrrole nitrogens is 1. The van der Waals surface area contributed by atoms with Gasteiger partial charge in [0.05, 0.1) is 14.7 Å². The third-order valence-electron chi connectivity index (χ3n) is 5.11. The minimum atomic E-state index is -1.99. The molecule has 1 saturated heterocycles. The molecule has 0 saturated carbocycles. The summed E-state index contributed by atoms with van der Waals surface area (Å²) >= 11 is 1.69. The van der Waals surface area contributed by atoms with E-state index in [1.807, 2.05) is 0 Å². The molecule has 34 heavy (non-hydrogen) atoms. The summed E-state index contributed by atoms with van der Waals surface area (Å²) in [5.74, 6) is -1.48. The Morgan fingerprint density at radius 3 is 2.21 bits per heavy atom. The number of nitrogens with zero attached hydrogens (tertiary/aromatic N) is 1. The van der Waals surface area contributed by atoms with Crippen LogP contribution in [0.2, 0.25) is 0 Å².